The molecular weight excluding hydrogens is 655 g/mol. The Morgan fingerprint density at radius 1 is 0.458 bits per heavy atom. The summed E-state index contributed by atoms with van der Waals surface area (Å²) >= 11 is 0. The lowest BCUT2D eigenvalue weighted by molar-refractivity contribution is 0.389. The maximum Gasteiger partial charge on any atom is 0.336 e. The summed E-state index contributed by atoms with van der Waals surface area (Å²) < 4.78 is 20.9. The Kier molecular flexibility index (Phi) is 15.7. The van der Waals surface area contributed by atoms with Crippen molar-refractivity contribution in [1.29, 1.82) is 0 Å². The van der Waals surface area contributed by atoms with Gasteiger partial charge in [-0.15, -0.1) is 0 Å². The lowest BCUT2D eigenvalue weighted by Crippen LogP contribution is -2.54. The normalized spacial score (nSPS) is 14.1. The van der Waals surface area contributed by atoms with Gasteiger partial charge in [-0.25, -0.2) is 28.1 Å². The van der Waals surface area contributed by atoms with Crippen LogP contribution in [-0.2, 0) is 52.2 Å². The van der Waals surface area contributed by atoms with Gasteiger partial charge in [-0.2, -0.15) is 0 Å². The highest BCUT2D eigenvalue weighted by atomic mass is 28.2. The second-order valence-electron chi connectivity index (χ2n) is 12.7. The minimum absolute atomic E-state index is 0.239. The number of hydrogen-bond donors (Lipinski definition) is 0. The first-order valence-electron chi connectivity index (χ1n) is 17.0. The molecule has 12 heteroatoms. The van der Waals surface area contributed by atoms with Gasteiger partial charge in [0.15, 0.2) is 29.3 Å². The fourth-order valence-corrected chi connectivity index (χ4v) is 10.3. The number of nitrogens with zero attached hydrogens (tertiary/aromatic N) is 3. The summed E-state index contributed by atoms with van der Waals surface area (Å²) in [4.78, 5) is 41.9. The van der Waals surface area contributed by atoms with Gasteiger partial charge in [0.05, 0.1) is 0 Å². The van der Waals surface area contributed by atoms with Gasteiger partial charge in [-0.3, -0.25) is 0 Å². The zero-order chi connectivity index (χ0) is 34.1. The van der Waals surface area contributed by atoms with Gasteiger partial charge in [-0.1, -0.05) is 91.0 Å². The predicted molar refractivity (Wildman–Crippen MR) is 201 cm³/mol. The molecule has 3 unspecified atom stereocenters. The summed E-state index contributed by atoms with van der Waals surface area (Å²) in [5, 5.41) is 0. The van der Waals surface area contributed by atoms with Gasteiger partial charge in [-0.05, 0) is 71.8 Å². The van der Waals surface area contributed by atoms with E-state index in [2.05, 4.69) is 36.4 Å². The van der Waals surface area contributed by atoms with Crippen molar-refractivity contribution in [3.8, 4) is 0 Å². The van der Waals surface area contributed by atoms with Gasteiger partial charge >= 0.3 is 17.1 Å². The van der Waals surface area contributed by atoms with E-state index in [4.69, 9.17) is 13.3 Å². The van der Waals surface area contributed by atoms with Crippen LogP contribution >= 0.6 is 0 Å². The van der Waals surface area contributed by atoms with Gasteiger partial charge in [0, 0.05) is 41.0 Å². The molecule has 0 amide bonds. The van der Waals surface area contributed by atoms with E-state index in [-0.39, 0.29) is 36.3 Å². The van der Waals surface area contributed by atoms with Crippen molar-refractivity contribution in [1.82, 2.24) is 13.7 Å². The van der Waals surface area contributed by atoms with E-state index in [0.29, 0.717) is 19.3 Å². The average Bonchev–Trinajstić information content (AvgIpc) is 3.09. The summed E-state index contributed by atoms with van der Waals surface area (Å²) in [6, 6.07) is 30.7. The number of rotatable bonds is 21. The van der Waals surface area contributed by atoms with Crippen molar-refractivity contribution in [3.63, 3.8) is 0 Å². The SMILES string of the molecule is CO[SiH2]C(CCn1c(=O)n(CCC(Cc2ccccc2)[SiH2]OC)c(=O)n(CCC(Cc2ccccc2)[SiH2]OC)c1=O)Cc1ccccc1. The molecule has 4 aromatic rings. The van der Waals surface area contributed by atoms with Crippen LogP contribution in [0.3, 0.4) is 0 Å². The van der Waals surface area contributed by atoms with Crippen LogP contribution in [0.1, 0.15) is 36.0 Å². The molecule has 0 radical (unpaired) electrons. The van der Waals surface area contributed by atoms with E-state index in [1.807, 2.05) is 54.6 Å². The Morgan fingerprint density at radius 2 is 0.708 bits per heavy atom. The number of hydrogen-bond acceptors (Lipinski definition) is 6. The molecule has 0 bridgehead atoms. The molecule has 0 saturated carbocycles. The molecule has 4 rings (SSSR count). The van der Waals surface area contributed by atoms with Gasteiger partial charge in [0.2, 0.25) is 0 Å². The second-order valence-corrected chi connectivity index (χ2v) is 18.9. The van der Waals surface area contributed by atoms with Crippen molar-refractivity contribution in [2.75, 3.05) is 21.3 Å². The molecule has 0 aliphatic heterocycles. The van der Waals surface area contributed by atoms with Gasteiger partial charge in [0.25, 0.3) is 0 Å². The van der Waals surface area contributed by atoms with Crippen LogP contribution in [0.4, 0.5) is 0 Å². The minimum Gasteiger partial charge on any atom is -0.427 e. The quantitative estimate of drug-likeness (QED) is 0.124. The van der Waals surface area contributed by atoms with Crippen LogP contribution in [0.5, 0.6) is 0 Å². The smallest absolute Gasteiger partial charge is 0.336 e. The monoisotopic (exact) mass is 705 g/mol. The third-order valence-electron chi connectivity index (χ3n) is 8.98. The van der Waals surface area contributed by atoms with E-state index in [1.54, 1.807) is 21.3 Å². The third kappa shape index (κ3) is 11.3. The first-order valence-corrected chi connectivity index (χ1v) is 21.1. The third-order valence-corrected chi connectivity index (χ3v) is 13.5. The van der Waals surface area contributed by atoms with Crippen molar-refractivity contribution in [3.05, 3.63) is 139 Å². The maximum absolute atomic E-state index is 14.0. The Balaban J connectivity index is 1.62. The molecule has 0 spiro atoms. The number of aromatic nitrogens is 3. The van der Waals surface area contributed by atoms with Crippen LogP contribution in [0.2, 0.25) is 16.6 Å². The molecule has 9 nitrogen and oxygen atoms in total. The molecule has 0 fully saturated rings. The fourth-order valence-electron chi connectivity index (χ4n) is 6.47. The molecule has 0 saturated heterocycles. The van der Waals surface area contributed by atoms with Crippen molar-refractivity contribution < 1.29 is 13.3 Å². The first kappa shape index (κ1) is 37.4. The van der Waals surface area contributed by atoms with Crippen LogP contribution in [-0.4, -0.2) is 64.3 Å². The van der Waals surface area contributed by atoms with E-state index in [1.165, 1.54) is 30.4 Å². The topological polar surface area (TPSA) is 93.7 Å². The van der Waals surface area contributed by atoms with Crippen LogP contribution < -0.4 is 17.1 Å². The second kappa shape index (κ2) is 20.2. The number of benzene rings is 3. The van der Waals surface area contributed by atoms with Crippen molar-refractivity contribution in [2.24, 2.45) is 0 Å². The van der Waals surface area contributed by atoms with Crippen LogP contribution in [0, 0.1) is 0 Å². The molecule has 48 heavy (non-hydrogen) atoms. The minimum atomic E-state index is -0.898. The van der Waals surface area contributed by atoms with Crippen molar-refractivity contribution in [2.45, 2.75) is 74.8 Å². The largest absolute Gasteiger partial charge is 0.427 e. The van der Waals surface area contributed by atoms with E-state index >= 15 is 0 Å². The Bertz CT molecular complexity index is 1450. The highest BCUT2D eigenvalue weighted by Crippen LogP contribution is 2.20. The molecule has 3 atom stereocenters. The molecule has 1 aromatic heterocycles. The van der Waals surface area contributed by atoms with Crippen LogP contribution in [0.15, 0.2) is 105 Å². The molecule has 258 valence electrons. The highest BCUT2D eigenvalue weighted by molar-refractivity contribution is 6.30. The molecule has 1 heterocycles. The fraction of sp³-hybridized carbons (Fsp3) is 0.417. The van der Waals surface area contributed by atoms with Gasteiger partial charge in [0.1, 0.15) is 0 Å². The van der Waals surface area contributed by atoms with Gasteiger partial charge < -0.3 is 13.3 Å². The first-order chi connectivity index (χ1) is 23.4. The summed E-state index contributed by atoms with van der Waals surface area (Å²) in [7, 11) is 2.50. The Labute approximate surface area is 290 Å². The predicted octanol–water partition coefficient (Wildman–Crippen LogP) is 2.63. The molecule has 0 aliphatic rings. The highest BCUT2D eigenvalue weighted by Gasteiger charge is 2.21. The van der Waals surface area contributed by atoms with Crippen LogP contribution in [0.25, 0.3) is 0 Å². The zero-order valence-corrected chi connectivity index (χ0v) is 32.9. The lowest BCUT2D eigenvalue weighted by atomic mass is 10.1. The zero-order valence-electron chi connectivity index (χ0n) is 28.7. The summed E-state index contributed by atoms with van der Waals surface area (Å²) in [5.41, 5.74) is 2.77. The standard InChI is InChI=1S/C36H51N3O6Si3/c1-43-46-31(25-28-13-7-4-8-14-28)19-22-37-34(40)38(23-20-32(47-44-2)26-29-15-9-5-10-16-29)36(42)39(35(37)41)24-21-33(48-45-3)27-30-17-11-6-12-18-30/h4-18,31-33H,19-27,46-48H2,1-3H3. The summed E-state index contributed by atoms with van der Waals surface area (Å²) in [6.45, 7) is 0.727. The molecule has 0 aliphatic carbocycles. The molecular formula is C36H51N3O6Si3. The molecule has 3 aromatic carbocycles. The maximum atomic E-state index is 14.0. The Morgan fingerprint density at radius 3 is 0.938 bits per heavy atom. The average molecular weight is 706 g/mol. The lowest BCUT2D eigenvalue weighted by Gasteiger charge is -2.20. The molecule has 0 N–H and O–H groups in total. The summed E-state index contributed by atoms with van der Waals surface area (Å²) in [6.07, 6.45) is 4.37. The van der Waals surface area contributed by atoms with E-state index < -0.39 is 46.4 Å². The van der Waals surface area contributed by atoms with E-state index in [9.17, 15) is 14.4 Å². The van der Waals surface area contributed by atoms with E-state index in [0.717, 1.165) is 19.3 Å². The Hall–Kier alpha value is -3.40. The van der Waals surface area contributed by atoms with Crippen molar-refractivity contribution >= 4 is 29.3 Å². The summed E-state index contributed by atoms with van der Waals surface area (Å²) in [5.74, 6) is 0.